The molecule has 0 atom stereocenters. The molecule has 0 aliphatic heterocycles. The number of hydrogen-bond acceptors (Lipinski definition) is 1. The molecule has 2 aromatic carbocycles. The number of amides is 1. The summed E-state index contributed by atoms with van der Waals surface area (Å²) in [5.41, 5.74) is 1.16. The van der Waals surface area contributed by atoms with Gasteiger partial charge in [0, 0.05) is 11.1 Å². The summed E-state index contributed by atoms with van der Waals surface area (Å²) in [6.45, 7) is 0. The molecule has 0 radical (unpaired) electrons. The summed E-state index contributed by atoms with van der Waals surface area (Å²) in [5, 5.41) is 3.30. The normalized spacial score (nSPS) is 10.8. The minimum absolute atomic E-state index is 0.148. The second-order valence-corrected chi connectivity index (χ2v) is 4.85. The van der Waals surface area contributed by atoms with Crippen molar-refractivity contribution in [3.63, 3.8) is 0 Å². The molecule has 0 aliphatic rings. The molecule has 5 heteroatoms. The van der Waals surface area contributed by atoms with Gasteiger partial charge in [0.25, 0.3) is 0 Å². The average Bonchev–Trinajstić information content (AvgIpc) is 2.40. The van der Waals surface area contributed by atoms with E-state index in [1.54, 1.807) is 24.3 Å². The lowest BCUT2D eigenvalue weighted by Crippen LogP contribution is -2.08. The summed E-state index contributed by atoms with van der Waals surface area (Å²) < 4.78 is 12.9. The Bertz CT molecular complexity index is 671. The lowest BCUT2D eigenvalue weighted by Gasteiger charge is -2.04. The molecule has 2 rings (SSSR count). The fourth-order valence-electron chi connectivity index (χ4n) is 1.55. The molecule has 0 aromatic heterocycles. The summed E-state index contributed by atoms with van der Waals surface area (Å²) in [7, 11) is 0. The monoisotopic (exact) mass is 309 g/mol. The molecule has 20 heavy (non-hydrogen) atoms. The Morgan fingerprint density at radius 1 is 1.15 bits per heavy atom. The van der Waals surface area contributed by atoms with Crippen LogP contribution < -0.4 is 5.32 Å². The molecule has 0 fully saturated rings. The summed E-state index contributed by atoms with van der Waals surface area (Å²) in [4.78, 5) is 11.7. The summed E-state index contributed by atoms with van der Waals surface area (Å²) in [6.07, 6.45) is 2.98. The third-order valence-electron chi connectivity index (χ3n) is 2.46. The minimum atomic E-state index is -0.456. The average molecular weight is 310 g/mol. The number of carbonyl (C=O) groups is 1. The van der Waals surface area contributed by atoms with Gasteiger partial charge in [0.15, 0.2) is 0 Å². The second-order valence-electron chi connectivity index (χ2n) is 4.00. The van der Waals surface area contributed by atoms with Gasteiger partial charge >= 0.3 is 0 Å². The van der Waals surface area contributed by atoms with E-state index in [9.17, 15) is 9.18 Å². The zero-order valence-electron chi connectivity index (χ0n) is 10.2. The van der Waals surface area contributed by atoms with Crippen LogP contribution >= 0.6 is 23.2 Å². The Morgan fingerprint density at radius 2 is 1.95 bits per heavy atom. The Labute approximate surface area is 125 Å². The first-order valence-corrected chi connectivity index (χ1v) is 6.50. The molecule has 2 aromatic rings. The van der Waals surface area contributed by atoms with Gasteiger partial charge in [-0.25, -0.2) is 4.39 Å². The quantitative estimate of drug-likeness (QED) is 0.812. The van der Waals surface area contributed by atoms with Crippen molar-refractivity contribution in [3.05, 3.63) is 70.0 Å². The SMILES string of the molecule is O=C(/C=C/c1cccc(Cl)c1)Nc1ccc(F)cc1Cl. The number of carbonyl (C=O) groups excluding carboxylic acids is 1. The van der Waals surface area contributed by atoms with Crippen molar-refractivity contribution in [1.29, 1.82) is 0 Å². The van der Waals surface area contributed by atoms with Crippen LogP contribution in [0.2, 0.25) is 10.0 Å². The van der Waals surface area contributed by atoms with Gasteiger partial charge in [-0.2, -0.15) is 0 Å². The second kappa shape index (κ2) is 6.55. The Morgan fingerprint density at radius 3 is 2.65 bits per heavy atom. The summed E-state index contributed by atoms with van der Waals surface area (Å²) in [5.74, 6) is -0.819. The molecule has 0 saturated carbocycles. The summed E-state index contributed by atoms with van der Waals surface area (Å²) in [6, 6.07) is 10.9. The molecule has 102 valence electrons. The van der Waals surface area contributed by atoms with Crippen molar-refractivity contribution in [2.24, 2.45) is 0 Å². The maximum Gasteiger partial charge on any atom is 0.248 e. The molecule has 0 saturated heterocycles. The van der Waals surface area contributed by atoms with Gasteiger partial charge < -0.3 is 5.32 Å². The third-order valence-corrected chi connectivity index (χ3v) is 3.01. The Balaban J connectivity index is 2.05. The number of hydrogen-bond donors (Lipinski definition) is 1. The van der Waals surface area contributed by atoms with E-state index in [-0.39, 0.29) is 10.9 Å². The highest BCUT2D eigenvalue weighted by Gasteiger charge is 2.04. The topological polar surface area (TPSA) is 29.1 Å². The largest absolute Gasteiger partial charge is 0.321 e. The lowest BCUT2D eigenvalue weighted by atomic mass is 10.2. The standard InChI is InChI=1S/C15H10Cl2FNO/c16-11-3-1-2-10(8-11)4-7-15(20)19-14-6-5-12(18)9-13(14)17/h1-9H,(H,19,20)/b7-4+. The van der Waals surface area contributed by atoms with Gasteiger partial charge in [-0.1, -0.05) is 35.3 Å². The first kappa shape index (κ1) is 14.6. The Hall–Kier alpha value is -1.84. The molecule has 0 bridgehead atoms. The molecular weight excluding hydrogens is 300 g/mol. The van der Waals surface area contributed by atoms with E-state index >= 15 is 0 Å². The predicted molar refractivity (Wildman–Crippen MR) is 80.5 cm³/mol. The van der Waals surface area contributed by atoms with Gasteiger partial charge in [-0.3, -0.25) is 4.79 Å². The number of rotatable bonds is 3. The van der Waals surface area contributed by atoms with Crippen LogP contribution in [0.5, 0.6) is 0 Å². The van der Waals surface area contributed by atoms with Crippen molar-refractivity contribution in [3.8, 4) is 0 Å². The van der Waals surface area contributed by atoms with E-state index < -0.39 is 5.82 Å². The van der Waals surface area contributed by atoms with E-state index in [4.69, 9.17) is 23.2 Å². The van der Waals surface area contributed by atoms with E-state index in [2.05, 4.69) is 5.32 Å². The van der Waals surface area contributed by atoms with Crippen LogP contribution in [-0.2, 0) is 4.79 Å². The maximum atomic E-state index is 12.9. The van der Waals surface area contributed by atoms with Gasteiger partial charge in [0.2, 0.25) is 5.91 Å². The molecule has 0 aliphatic carbocycles. The molecule has 1 N–H and O–H groups in total. The van der Waals surface area contributed by atoms with E-state index in [0.29, 0.717) is 10.7 Å². The highest BCUT2D eigenvalue weighted by molar-refractivity contribution is 6.33. The van der Waals surface area contributed by atoms with Gasteiger partial charge in [-0.05, 0) is 42.0 Å². The van der Waals surface area contributed by atoms with Gasteiger partial charge in [0.1, 0.15) is 5.82 Å². The van der Waals surface area contributed by atoms with Crippen LogP contribution in [0.4, 0.5) is 10.1 Å². The third kappa shape index (κ3) is 4.08. The highest BCUT2D eigenvalue weighted by Crippen LogP contribution is 2.22. The fourth-order valence-corrected chi connectivity index (χ4v) is 1.96. The molecule has 0 spiro atoms. The molecular formula is C15H10Cl2FNO. The molecule has 0 unspecified atom stereocenters. The van der Waals surface area contributed by atoms with Crippen LogP contribution in [0.1, 0.15) is 5.56 Å². The maximum absolute atomic E-state index is 12.9. The van der Waals surface area contributed by atoms with Crippen molar-refractivity contribution in [2.45, 2.75) is 0 Å². The Kier molecular flexibility index (Phi) is 4.77. The van der Waals surface area contributed by atoms with Gasteiger partial charge in [0.05, 0.1) is 10.7 Å². The zero-order chi connectivity index (χ0) is 14.5. The van der Waals surface area contributed by atoms with Crippen molar-refractivity contribution in [2.75, 3.05) is 5.32 Å². The predicted octanol–water partition coefficient (Wildman–Crippen LogP) is 4.78. The fraction of sp³-hybridized carbons (Fsp3) is 0. The van der Waals surface area contributed by atoms with Crippen LogP contribution in [0.15, 0.2) is 48.5 Å². The van der Waals surface area contributed by atoms with Crippen LogP contribution in [-0.4, -0.2) is 5.91 Å². The summed E-state index contributed by atoms with van der Waals surface area (Å²) >= 11 is 11.7. The lowest BCUT2D eigenvalue weighted by molar-refractivity contribution is -0.111. The molecule has 0 heterocycles. The molecule has 1 amide bonds. The van der Waals surface area contributed by atoms with Crippen molar-refractivity contribution >= 4 is 40.9 Å². The highest BCUT2D eigenvalue weighted by atomic mass is 35.5. The van der Waals surface area contributed by atoms with Gasteiger partial charge in [-0.15, -0.1) is 0 Å². The van der Waals surface area contributed by atoms with Crippen LogP contribution in [0.25, 0.3) is 6.08 Å². The van der Waals surface area contributed by atoms with E-state index in [1.807, 2.05) is 6.07 Å². The minimum Gasteiger partial charge on any atom is -0.321 e. The van der Waals surface area contributed by atoms with Crippen molar-refractivity contribution in [1.82, 2.24) is 0 Å². The first-order valence-electron chi connectivity index (χ1n) is 5.74. The molecule has 2 nitrogen and oxygen atoms in total. The van der Waals surface area contributed by atoms with E-state index in [1.165, 1.54) is 18.2 Å². The van der Waals surface area contributed by atoms with Crippen LogP contribution in [0, 0.1) is 5.82 Å². The first-order chi connectivity index (χ1) is 9.54. The zero-order valence-corrected chi connectivity index (χ0v) is 11.8. The number of anilines is 1. The smallest absolute Gasteiger partial charge is 0.248 e. The van der Waals surface area contributed by atoms with E-state index in [0.717, 1.165) is 11.6 Å². The van der Waals surface area contributed by atoms with Crippen LogP contribution in [0.3, 0.4) is 0 Å². The van der Waals surface area contributed by atoms with Crippen molar-refractivity contribution < 1.29 is 9.18 Å². The number of halogens is 3. The number of nitrogens with one attached hydrogen (secondary N) is 1. The number of benzene rings is 2.